The van der Waals surface area contributed by atoms with Crippen LogP contribution in [0.5, 0.6) is 0 Å². The van der Waals surface area contributed by atoms with Crippen LogP contribution < -0.4 is 10.6 Å². The quantitative estimate of drug-likeness (QED) is 0.820. The summed E-state index contributed by atoms with van der Waals surface area (Å²) in [6.45, 7) is 2.23. The van der Waals surface area contributed by atoms with E-state index in [1.54, 1.807) is 0 Å². The summed E-state index contributed by atoms with van der Waals surface area (Å²) in [5.74, 6) is 1.38. The van der Waals surface area contributed by atoms with Crippen molar-refractivity contribution in [2.45, 2.75) is 62.8 Å². The predicted octanol–water partition coefficient (Wildman–Crippen LogP) is 3.24. The molecule has 1 aromatic carbocycles. The number of fused-ring (bicyclic) bond motifs is 2. The number of carbonyl (C=O) groups is 2. The van der Waals surface area contributed by atoms with Crippen LogP contribution in [0.4, 0.5) is 5.69 Å². The molecule has 1 aromatic rings. The lowest BCUT2D eigenvalue weighted by molar-refractivity contribution is -0.136. The van der Waals surface area contributed by atoms with Gasteiger partial charge >= 0.3 is 0 Å². The number of nitrogens with two attached hydrogens (primary N) is 1. The Balaban J connectivity index is 0.00000205. The molecule has 3 fully saturated rings. The summed E-state index contributed by atoms with van der Waals surface area (Å²) < 4.78 is 0. The van der Waals surface area contributed by atoms with Crippen molar-refractivity contribution in [1.82, 2.24) is 4.90 Å². The molecule has 0 radical (unpaired) electrons. The highest BCUT2D eigenvalue weighted by Gasteiger charge is 2.53. The Labute approximate surface area is 179 Å². The van der Waals surface area contributed by atoms with Crippen molar-refractivity contribution in [2.24, 2.45) is 17.6 Å². The van der Waals surface area contributed by atoms with Gasteiger partial charge in [0.15, 0.2) is 0 Å². The Morgan fingerprint density at radius 3 is 2.34 bits per heavy atom. The highest BCUT2D eigenvalue weighted by molar-refractivity contribution is 6.08. The number of likely N-dealkylation sites (tertiary alicyclic amines) is 1. The maximum Gasteiger partial charge on any atom is 0.237 e. The number of amides is 2. The molecule has 5 nitrogen and oxygen atoms in total. The molecule has 1 saturated heterocycles. The molecular formula is C23H32ClN3O2. The molecule has 4 aliphatic rings. The van der Waals surface area contributed by atoms with E-state index >= 15 is 0 Å². The summed E-state index contributed by atoms with van der Waals surface area (Å²) in [7, 11) is 0. The number of hydrogen-bond donors (Lipinski definition) is 1. The first kappa shape index (κ1) is 20.7. The molecule has 2 amide bonds. The van der Waals surface area contributed by atoms with Gasteiger partial charge in [0.1, 0.15) is 0 Å². The van der Waals surface area contributed by atoms with E-state index in [1.807, 2.05) is 11.0 Å². The van der Waals surface area contributed by atoms with E-state index in [0.29, 0.717) is 31.0 Å². The highest BCUT2D eigenvalue weighted by Crippen LogP contribution is 2.49. The average molecular weight is 418 g/mol. The second-order valence-corrected chi connectivity index (χ2v) is 9.40. The monoisotopic (exact) mass is 417 g/mol. The maximum atomic E-state index is 13.7. The molecule has 5 rings (SSSR count). The SMILES string of the molecule is Cl.N[C@H]1CC[C@H](CN2C(=O)C3(CCN(C(=O)C4CC4)CC3)c3ccccc32)CC1. The Morgan fingerprint density at radius 1 is 1.03 bits per heavy atom. The number of nitrogens with zero attached hydrogens (tertiary/aromatic N) is 2. The van der Waals surface area contributed by atoms with Gasteiger partial charge in [-0.25, -0.2) is 0 Å². The average Bonchev–Trinajstić information content (AvgIpc) is 3.55. The zero-order valence-electron chi connectivity index (χ0n) is 17.0. The Bertz CT molecular complexity index is 778. The summed E-state index contributed by atoms with van der Waals surface area (Å²) in [4.78, 5) is 30.2. The van der Waals surface area contributed by atoms with Crippen molar-refractivity contribution in [1.29, 1.82) is 0 Å². The largest absolute Gasteiger partial charge is 0.342 e. The minimum atomic E-state index is -0.429. The van der Waals surface area contributed by atoms with E-state index < -0.39 is 5.41 Å². The standard InChI is InChI=1S/C23H31N3O2.ClH/c24-18-9-5-16(6-10-18)15-26-20-4-2-1-3-19(20)23(22(26)28)11-13-25(14-12-23)21(27)17-7-8-17;/h1-4,16-18H,5-15,24H2;1H/t16-,18-;. The molecule has 0 atom stereocenters. The van der Waals surface area contributed by atoms with E-state index in [2.05, 4.69) is 23.1 Å². The lowest BCUT2D eigenvalue weighted by atomic mass is 9.73. The van der Waals surface area contributed by atoms with E-state index in [4.69, 9.17) is 5.73 Å². The zero-order chi connectivity index (χ0) is 19.3. The topological polar surface area (TPSA) is 66.6 Å². The molecule has 1 spiro atoms. The van der Waals surface area contributed by atoms with Gasteiger partial charge in [-0.1, -0.05) is 18.2 Å². The third-order valence-corrected chi connectivity index (χ3v) is 7.55. The fraction of sp³-hybridized carbons (Fsp3) is 0.652. The van der Waals surface area contributed by atoms with E-state index in [0.717, 1.165) is 63.6 Å². The molecule has 2 N–H and O–H groups in total. The number of hydrogen-bond acceptors (Lipinski definition) is 3. The number of halogens is 1. The number of piperidine rings is 1. The Hall–Kier alpha value is -1.59. The molecule has 158 valence electrons. The van der Waals surface area contributed by atoms with E-state index in [1.165, 1.54) is 5.56 Å². The maximum absolute atomic E-state index is 13.7. The van der Waals surface area contributed by atoms with Crippen LogP contribution in [-0.2, 0) is 15.0 Å². The van der Waals surface area contributed by atoms with Gasteiger partial charge in [0.05, 0.1) is 5.41 Å². The molecule has 0 aromatic heterocycles. The fourth-order valence-electron chi connectivity index (χ4n) is 5.59. The van der Waals surface area contributed by atoms with Gasteiger partial charge in [0, 0.05) is 37.3 Å². The van der Waals surface area contributed by atoms with Crippen LogP contribution in [0.2, 0.25) is 0 Å². The van der Waals surface area contributed by atoms with Gasteiger partial charge in [-0.05, 0) is 68.9 Å². The van der Waals surface area contributed by atoms with Crippen LogP contribution >= 0.6 is 12.4 Å². The summed E-state index contributed by atoms with van der Waals surface area (Å²) in [5, 5.41) is 0. The van der Waals surface area contributed by atoms with Crippen LogP contribution in [0.15, 0.2) is 24.3 Å². The summed E-state index contributed by atoms with van der Waals surface area (Å²) in [5.41, 5.74) is 7.93. The minimum absolute atomic E-state index is 0. The lowest BCUT2D eigenvalue weighted by Gasteiger charge is -2.39. The molecule has 2 heterocycles. The normalized spacial score (nSPS) is 28.2. The lowest BCUT2D eigenvalue weighted by Crippen LogP contribution is -2.51. The molecule has 6 heteroatoms. The van der Waals surface area contributed by atoms with Crippen LogP contribution in [0.1, 0.15) is 56.9 Å². The Morgan fingerprint density at radius 2 is 1.69 bits per heavy atom. The van der Waals surface area contributed by atoms with Crippen LogP contribution in [0.3, 0.4) is 0 Å². The van der Waals surface area contributed by atoms with Crippen molar-refractivity contribution < 1.29 is 9.59 Å². The van der Waals surface area contributed by atoms with E-state index in [9.17, 15) is 9.59 Å². The van der Waals surface area contributed by atoms with Gasteiger partial charge in [0.25, 0.3) is 0 Å². The summed E-state index contributed by atoms with van der Waals surface area (Å²) >= 11 is 0. The molecular weight excluding hydrogens is 386 g/mol. The van der Waals surface area contributed by atoms with Gasteiger partial charge < -0.3 is 15.5 Å². The van der Waals surface area contributed by atoms with E-state index in [-0.39, 0.29) is 24.2 Å². The number of para-hydroxylation sites is 1. The number of rotatable bonds is 3. The minimum Gasteiger partial charge on any atom is -0.342 e. The van der Waals surface area contributed by atoms with Gasteiger partial charge in [-0.3, -0.25) is 9.59 Å². The first-order valence-corrected chi connectivity index (χ1v) is 11.0. The molecule has 2 saturated carbocycles. The number of benzene rings is 1. The highest BCUT2D eigenvalue weighted by atomic mass is 35.5. The van der Waals surface area contributed by atoms with Crippen LogP contribution in [0, 0.1) is 11.8 Å². The molecule has 2 aliphatic heterocycles. The van der Waals surface area contributed by atoms with Gasteiger partial charge in [0.2, 0.25) is 11.8 Å². The molecule has 29 heavy (non-hydrogen) atoms. The zero-order valence-corrected chi connectivity index (χ0v) is 17.8. The second kappa shape index (κ2) is 7.92. The predicted molar refractivity (Wildman–Crippen MR) is 116 cm³/mol. The molecule has 0 unspecified atom stereocenters. The fourth-order valence-corrected chi connectivity index (χ4v) is 5.59. The Kier molecular flexibility index (Phi) is 5.64. The van der Waals surface area contributed by atoms with Gasteiger partial charge in [-0.2, -0.15) is 0 Å². The summed E-state index contributed by atoms with van der Waals surface area (Å²) in [6.07, 6.45) is 7.96. The first-order valence-electron chi connectivity index (χ1n) is 11.0. The summed E-state index contributed by atoms with van der Waals surface area (Å²) in [6, 6.07) is 8.68. The smallest absolute Gasteiger partial charge is 0.237 e. The molecule has 0 bridgehead atoms. The van der Waals surface area contributed by atoms with Crippen molar-refractivity contribution >= 4 is 29.9 Å². The van der Waals surface area contributed by atoms with Crippen molar-refractivity contribution in [3.8, 4) is 0 Å². The van der Waals surface area contributed by atoms with Crippen LogP contribution in [0.25, 0.3) is 0 Å². The number of anilines is 1. The van der Waals surface area contributed by atoms with Crippen molar-refractivity contribution in [2.75, 3.05) is 24.5 Å². The third-order valence-electron chi connectivity index (χ3n) is 7.55. The van der Waals surface area contributed by atoms with Crippen LogP contribution in [-0.4, -0.2) is 42.4 Å². The van der Waals surface area contributed by atoms with Gasteiger partial charge in [-0.15, -0.1) is 12.4 Å². The number of carbonyl (C=O) groups excluding carboxylic acids is 2. The molecule has 2 aliphatic carbocycles. The van der Waals surface area contributed by atoms with Crippen molar-refractivity contribution in [3.63, 3.8) is 0 Å². The third kappa shape index (κ3) is 3.57. The van der Waals surface area contributed by atoms with Crippen molar-refractivity contribution in [3.05, 3.63) is 29.8 Å². The second-order valence-electron chi connectivity index (χ2n) is 9.40. The first-order chi connectivity index (χ1) is 13.6.